The standard InChI is InChI=1S/C34H50N4/c1-31(2,3)19-35-23-37(21-33(7,8)9)29-17-25(13-15-27(29)35)26-14-16-28-30(18-26)38(22-34(10,11)12)24-36(28)20-32(4,5)6/h13-18H,19-22H2,1-12H3. The van der Waals surface area contributed by atoms with Crippen LogP contribution in [0.4, 0.5) is 22.7 Å². The van der Waals surface area contributed by atoms with Gasteiger partial charge < -0.3 is 19.6 Å². The van der Waals surface area contributed by atoms with Crippen LogP contribution < -0.4 is 19.6 Å². The first kappa shape index (κ1) is 28.6. The van der Waals surface area contributed by atoms with Gasteiger partial charge in [0, 0.05) is 26.2 Å². The zero-order valence-electron chi connectivity index (χ0n) is 26.1. The Balaban J connectivity index is 1.72. The maximum atomic E-state index is 3.69. The molecule has 0 aromatic heterocycles. The Morgan fingerprint density at radius 1 is 0.421 bits per heavy atom. The quantitative estimate of drug-likeness (QED) is 0.395. The van der Waals surface area contributed by atoms with Crippen LogP contribution in [0.3, 0.4) is 0 Å². The van der Waals surface area contributed by atoms with Crippen LogP contribution in [0, 0.1) is 35.0 Å². The first-order valence-electron chi connectivity index (χ1n) is 14.2. The van der Waals surface area contributed by atoms with Crippen molar-refractivity contribution < 1.29 is 0 Å². The Morgan fingerprint density at radius 3 is 0.947 bits per heavy atom. The molecule has 4 rings (SSSR count). The van der Waals surface area contributed by atoms with Gasteiger partial charge in [-0.1, -0.05) is 95.2 Å². The van der Waals surface area contributed by atoms with Crippen molar-refractivity contribution in [1.29, 1.82) is 0 Å². The van der Waals surface area contributed by atoms with Gasteiger partial charge in [0.15, 0.2) is 0 Å². The van der Waals surface area contributed by atoms with Gasteiger partial charge in [-0.15, -0.1) is 0 Å². The Bertz CT molecular complexity index is 1050. The maximum absolute atomic E-state index is 3.69. The summed E-state index contributed by atoms with van der Waals surface area (Å²) in [5.41, 5.74) is 8.20. The lowest BCUT2D eigenvalue weighted by molar-refractivity contribution is 0.406. The number of nitrogens with zero attached hydrogens (tertiary/aromatic N) is 4. The Labute approximate surface area is 234 Å². The average Bonchev–Trinajstić information content (AvgIpc) is 3.20. The molecule has 2 aromatic rings. The molecule has 4 nitrogen and oxygen atoms in total. The van der Waals surface area contributed by atoms with E-state index in [1.165, 1.54) is 33.9 Å². The number of rotatable bonds is 5. The van der Waals surface area contributed by atoms with Crippen LogP contribution in [-0.4, -0.2) is 26.2 Å². The third-order valence-electron chi connectivity index (χ3n) is 6.46. The van der Waals surface area contributed by atoms with Gasteiger partial charge in [0.25, 0.3) is 0 Å². The second-order valence-corrected chi connectivity index (χ2v) is 16.2. The predicted octanol–water partition coefficient (Wildman–Crippen LogP) is 8.78. The topological polar surface area (TPSA) is 13.0 Å². The molecule has 2 aliphatic rings. The van der Waals surface area contributed by atoms with E-state index in [0.29, 0.717) is 0 Å². The molecule has 206 valence electrons. The Hall–Kier alpha value is -2.36. The van der Waals surface area contributed by atoms with Gasteiger partial charge in [-0.2, -0.15) is 0 Å². The third-order valence-corrected chi connectivity index (χ3v) is 6.46. The van der Waals surface area contributed by atoms with Gasteiger partial charge in [-0.05, 0) is 57.1 Å². The van der Waals surface area contributed by atoms with E-state index in [9.17, 15) is 0 Å². The minimum absolute atomic E-state index is 0.168. The normalized spacial score (nSPS) is 16.4. The summed E-state index contributed by atoms with van der Waals surface area (Å²) in [4.78, 5) is 9.28. The first-order chi connectivity index (χ1) is 17.3. The van der Waals surface area contributed by atoms with Gasteiger partial charge in [0.1, 0.15) is 0 Å². The second-order valence-electron chi connectivity index (χ2n) is 16.2. The third kappa shape index (κ3) is 6.98. The van der Waals surface area contributed by atoms with Crippen molar-refractivity contribution in [3.05, 3.63) is 49.7 Å². The molecule has 0 spiro atoms. The SMILES string of the molecule is CC(C)(C)CN1[C]N(CC(C)(C)C)c2cc(-c3ccc4c(c3)N(CC(C)(C)C)[C]N4CC(C)(C)C)ccc21. The molecule has 0 atom stereocenters. The molecule has 38 heavy (non-hydrogen) atoms. The molecule has 0 amide bonds. The number of anilines is 4. The molecular formula is C34H50N4. The van der Waals surface area contributed by atoms with Gasteiger partial charge in [0.05, 0.1) is 22.7 Å². The fourth-order valence-electron chi connectivity index (χ4n) is 5.18. The number of benzene rings is 2. The van der Waals surface area contributed by atoms with Crippen LogP contribution in [0.25, 0.3) is 11.1 Å². The highest BCUT2D eigenvalue weighted by molar-refractivity contribution is 5.88. The summed E-state index contributed by atoms with van der Waals surface area (Å²) in [6.45, 7) is 38.7. The van der Waals surface area contributed by atoms with Crippen molar-refractivity contribution in [3.8, 4) is 11.1 Å². The largest absolute Gasteiger partial charge is 0.339 e. The molecule has 0 saturated carbocycles. The smallest absolute Gasteiger partial charge is 0.208 e. The summed E-state index contributed by atoms with van der Waals surface area (Å²) in [5, 5.41) is 0. The Morgan fingerprint density at radius 2 is 0.684 bits per heavy atom. The molecule has 0 aliphatic carbocycles. The highest BCUT2D eigenvalue weighted by Gasteiger charge is 2.35. The van der Waals surface area contributed by atoms with Crippen molar-refractivity contribution in [3.63, 3.8) is 0 Å². The fraction of sp³-hybridized carbons (Fsp3) is 0.588. The van der Waals surface area contributed by atoms with E-state index in [4.69, 9.17) is 0 Å². The van der Waals surface area contributed by atoms with Gasteiger partial charge in [-0.25, -0.2) is 0 Å². The average molecular weight is 515 g/mol. The molecule has 2 heterocycles. The lowest BCUT2D eigenvalue weighted by atomic mass is 9.95. The summed E-state index contributed by atoms with van der Waals surface area (Å²) < 4.78 is 0. The molecule has 2 aliphatic heterocycles. The van der Waals surface area contributed by atoms with Crippen molar-refractivity contribution in [2.24, 2.45) is 21.7 Å². The van der Waals surface area contributed by atoms with Crippen LogP contribution in [0.2, 0.25) is 0 Å². The monoisotopic (exact) mass is 514 g/mol. The first-order valence-corrected chi connectivity index (χ1v) is 14.2. The van der Waals surface area contributed by atoms with Crippen LogP contribution in [0.5, 0.6) is 0 Å². The van der Waals surface area contributed by atoms with E-state index in [1.807, 2.05) is 0 Å². The zero-order chi connectivity index (χ0) is 28.3. The van der Waals surface area contributed by atoms with E-state index < -0.39 is 0 Å². The number of fused-ring (bicyclic) bond motifs is 2. The molecule has 0 bridgehead atoms. The molecule has 0 N–H and O–H groups in total. The van der Waals surface area contributed by atoms with E-state index in [-0.39, 0.29) is 21.7 Å². The summed E-state index contributed by atoms with van der Waals surface area (Å²) >= 11 is 0. The molecule has 0 saturated heterocycles. The van der Waals surface area contributed by atoms with Crippen LogP contribution in [0.1, 0.15) is 83.1 Å². The van der Waals surface area contributed by atoms with E-state index in [2.05, 4.69) is 152 Å². The van der Waals surface area contributed by atoms with Crippen molar-refractivity contribution >= 4 is 22.7 Å². The Kier molecular flexibility index (Phi) is 7.30. The molecule has 4 heteroatoms. The van der Waals surface area contributed by atoms with E-state index in [1.54, 1.807) is 0 Å². The van der Waals surface area contributed by atoms with Crippen molar-refractivity contribution in [2.75, 3.05) is 45.8 Å². The summed E-state index contributed by atoms with van der Waals surface area (Å²) in [7, 11) is 0. The number of hydrogen-bond acceptors (Lipinski definition) is 4. The molecule has 4 radical (unpaired) electrons. The van der Waals surface area contributed by atoms with Crippen molar-refractivity contribution in [1.82, 2.24) is 0 Å². The summed E-state index contributed by atoms with van der Waals surface area (Å²) in [6.07, 6.45) is 0. The molecular weight excluding hydrogens is 464 g/mol. The van der Waals surface area contributed by atoms with E-state index in [0.717, 1.165) is 26.2 Å². The highest BCUT2D eigenvalue weighted by Crippen LogP contribution is 2.46. The van der Waals surface area contributed by atoms with Crippen molar-refractivity contribution in [2.45, 2.75) is 83.1 Å². The molecule has 2 aromatic carbocycles. The van der Waals surface area contributed by atoms with Crippen LogP contribution >= 0.6 is 0 Å². The molecule has 0 unspecified atom stereocenters. The van der Waals surface area contributed by atoms with Gasteiger partial charge >= 0.3 is 0 Å². The minimum atomic E-state index is 0.168. The predicted molar refractivity (Wildman–Crippen MR) is 166 cm³/mol. The molecule has 0 fully saturated rings. The fourth-order valence-corrected chi connectivity index (χ4v) is 5.18. The zero-order valence-corrected chi connectivity index (χ0v) is 26.1. The lowest BCUT2D eigenvalue weighted by Crippen LogP contribution is -2.35. The maximum Gasteiger partial charge on any atom is 0.208 e. The second kappa shape index (κ2) is 9.68. The summed E-state index contributed by atoms with van der Waals surface area (Å²) in [5.74, 6) is 0. The van der Waals surface area contributed by atoms with Gasteiger partial charge in [0.2, 0.25) is 13.3 Å². The van der Waals surface area contributed by atoms with Crippen LogP contribution in [-0.2, 0) is 0 Å². The minimum Gasteiger partial charge on any atom is -0.339 e. The van der Waals surface area contributed by atoms with Crippen LogP contribution in [0.15, 0.2) is 36.4 Å². The lowest BCUT2D eigenvalue weighted by Gasteiger charge is -2.29. The van der Waals surface area contributed by atoms with Gasteiger partial charge in [-0.3, -0.25) is 0 Å². The number of hydrogen-bond donors (Lipinski definition) is 0. The highest BCUT2D eigenvalue weighted by atomic mass is 15.4. The summed E-state index contributed by atoms with van der Waals surface area (Å²) in [6, 6.07) is 13.9. The van der Waals surface area contributed by atoms with E-state index >= 15 is 0 Å².